The van der Waals surface area contributed by atoms with E-state index in [0.29, 0.717) is 15.6 Å². The molecule has 0 saturated heterocycles. The van der Waals surface area contributed by atoms with Crippen molar-refractivity contribution in [2.24, 2.45) is 7.05 Å². The van der Waals surface area contributed by atoms with Gasteiger partial charge in [0.05, 0.1) is 11.8 Å². The summed E-state index contributed by atoms with van der Waals surface area (Å²) in [4.78, 5) is 12.0. The number of carbonyl (C=O) groups is 1. The first-order chi connectivity index (χ1) is 8.49. The quantitative estimate of drug-likeness (QED) is 0.885. The fourth-order valence-corrected chi connectivity index (χ4v) is 1.93. The van der Waals surface area contributed by atoms with Crippen LogP contribution >= 0.6 is 15.9 Å². The van der Waals surface area contributed by atoms with Gasteiger partial charge in [-0.3, -0.25) is 9.48 Å². The average Bonchev–Trinajstić information content (AvgIpc) is 2.64. The van der Waals surface area contributed by atoms with Gasteiger partial charge in [-0.2, -0.15) is 5.10 Å². The molecule has 6 heteroatoms. The van der Waals surface area contributed by atoms with Gasteiger partial charge < -0.3 is 5.73 Å². The minimum atomic E-state index is -0.416. The first-order valence-electron chi connectivity index (χ1n) is 5.23. The van der Waals surface area contributed by atoms with Crippen LogP contribution in [0.3, 0.4) is 0 Å². The topological polar surface area (TPSA) is 60.9 Å². The Labute approximate surface area is 112 Å². The standard InChI is InChI=1S/C12H11BrFN3O/c1-17-12(15)9(6-16-17)11(18)4-7-2-3-8(13)5-10(7)14/h2-3,5-6H,4,15H2,1H3. The number of ketones is 1. The third-order valence-corrected chi connectivity index (χ3v) is 3.14. The molecule has 0 radical (unpaired) electrons. The number of carbonyl (C=O) groups excluding carboxylic acids is 1. The number of nitrogens with zero attached hydrogens (tertiary/aromatic N) is 2. The number of benzene rings is 1. The van der Waals surface area contributed by atoms with E-state index in [1.54, 1.807) is 19.2 Å². The summed E-state index contributed by atoms with van der Waals surface area (Å²) in [5, 5.41) is 3.88. The Kier molecular flexibility index (Phi) is 3.47. The summed E-state index contributed by atoms with van der Waals surface area (Å²) >= 11 is 3.16. The van der Waals surface area contributed by atoms with Crippen molar-refractivity contribution in [3.63, 3.8) is 0 Å². The molecule has 0 atom stereocenters. The van der Waals surface area contributed by atoms with Crippen LogP contribution in [0.1, 0.15) is 15.9 Å². The zero-order valence-electron chi connectivity index (χ0n) is 9.65. The molecule has 0 spiro atoms. The number of nitrogen functional groups attached to an aromatic ring is 1. The lowest BCUT2D eigenvalue weighted by Crippen LogP contribution is -2.08. The molecule has 2 N–H and O–H groups in total. The molecule has 4 nitrogen and oxygen atoms in total. The Morgan fingerprint density at radius 3 is 2.83 bits per heavy atom. The van der Waals surface area contributed by atoms with Gasteiger partial charge in [-0.15, -0.1) is 0 Å². The maximum Gasteiger partial charge on any atom is 0.172 e. The molecule has 1 heterocycles. The normalized spacial score (nSPS) is 10.6. The van der Waals surface area contributed by atoms with E-state index >= 15 is 0 Å². The van der Waals surface area contributed by atoms with E-state index in [4.69, 9.17) is 5.73 Å². The highest BCUT2D eigenvalue weighted by Gasteiger charge is 2.16. The highest BCUT2D eigenvalue weighted by atomic mass is 79.9. The number of aryl methyl sites for hydroxylation is 1. The Bertz CT molecular complexity index is 609. The summed E-state index contributed by atoms with van der Waals surface area (Å²) in [5.74, 6) is -0.375. The number of aromatic nitrogens is 2. The van der Waals surface area contributed by atoms with Crippen LogP contribution in [0.2, 0.25) is 0 Å². The van der Waals surface area contributed by atoms with Crippen molar-refractivity contribution in [1.29, 1.82) is 0 Å². The fourth-order valence-electron chi connectivity index (χ4n) is 1.60. The summed E-state index contributed by atoms with van der Waals surface area (Å²) in [5.41, 5.74) is 6.36. The molecule has 2 aromatic rings. The number of Topliss-reactive ketones (excluding diaryl/α,β-unsaturated/α-hetero) is 1. The van der Waals surface area contributed by atoms with E-state index in [9.17, 15) is 9.18 Å². The van der Waals surface area contributed by atoms with Crippen LogP contribution in [0.5, 0.6) is 0 Å². The molecular weight excluding hydrogens is 301 g/mol. The van der Waals surface area contributed by atoms with Gasteiger partial charge in [0, 0.05) is 17.9 Å². The number of nitrogens with two attached hydrogens (primary N) is 1. The second kappa shape index (κ2) is 4.89. The van der Waals surface area contributed by atoms with E-state index in [-0.39, 0.29) is 18.0 Å². The van der Waals surface area contributed by atoms with Crippen LogP contribution in [0.25, 0.3) is 0 Å². The van der Waals surface area contributed by atoms with Crippen LogP contribution in [-0.4, -0.2) is 15.6 Å². The van der Waals surface area contributed by atoms with Gasteiger partial charge in [-0.1, -0.05) is 22.0 Å². The van der Waals surface area contributed by atoms with Crippen LogP contribution in [0.15, 0.2) is 28.9 Å². The van der Waals surface area contributed by atoms with Crippen molar-refractivity contribution in [1.82, 2.24) is 9.78 Å². The minimum Gasteiger partial charge on any atom is -0.383 e. The highest BCUT2D eigenvalue weighted by Crippen LogP contribution is 2.18. The van der Waals surface area contributed by atoms with E-state index < -0.39 is 5.82 Å². The predicted octanol–water partition coefficient (Wildman–Crippen LogP) is 2.33. The lowest BCUT2D eigenvalue weighted by Gasteiger charge is -2.03. The largest absolute Gasteiger partial charge is 0.383 e. The lowest BCUT2D eigenvalue weighted by molar-refractivity contribution is 0.0992. The van der Waals surface area contributed by atoms with E-state index in [0.717, 1.165) is 0 Å². The number of hydrogen-bond acceptors (Lipinski definition) is 3. The molecule has 0 amide bonds. The van der Waals surface area contributed by atoms with Gasteiger partial charge >= 0.3 is 0 Å². The van der Waals surface area contributed by atoms with Gasteiger partial charge in [-0.05, 0) is 17.7 Å². The van der Waals surface area contributed by atoms with Gasteiger partial charge in [0.15, 0.2) is 5.78 Å². The van der Waals surface area contributed by atoms with Crippen molar-refractivity contribution < 1.29 is 9.18 Å². The molecule has 0 unspecified atom stereocenters. The molecule has 0 bridgehead atoms. The molecule has 18 heavy (non-hydrogen) atoms. The smallest absolute Gasteiger partial charge is 0.172 e. The molecule has 0 saturated carbocycles. The first kappa shape index (κ1) is 12.8. The summed E-state index contributed by atoms with van der Waals surface area (Å²) in [6, 6.07) is 4.59. The predicted molar refractivity (Wildman–Crippen MR) is 69.8 cm³/mol. The van der Waals surface area contributed by atoms with Crippen LogP contribution in [0.4, 0.5) is 10.2 Å². The molecule has 0 aliphatic rings. The summed E-state index contributed by atoms with van der Waals surface area (Å²) in [6.07, 6.45) is 1.36. The van der Waals surface area contributed by atoms with Crippen LogP contribution in [-0.2, 0) is 13.5 Å². The van der Waals surface area contributed by atoms with E-state index in [1.165, 1.54) is 16.9 Å². The Morgan fingerprint density at radius 2 is 2.28 bits per heavy atom. The third kappa shape index (κ3) is 2.43. The van der Waals surface area contributed by atoms with E-state index in [1.807, 2.05) is 0 Å². The molecule has 0 aliphatic carbocycles. The molecule has 0 fully saturated rings. The van der Waals surface area contributed by atoms with Crippen molar-refractivity contribution in [3.05, 3.63) is 45.8 Å². The highest BCUT2D eigenvalue weighted by molar-refractivity contribution is 9.10. The van der Waals surface area contributed by atoms with Crippen molar-refractivity contribution in [2.45, 2.75) is 6.42 Å². The molecule has 1 aromatic heterocycles. The minimum absolute atomic E-state index is 0.0327. The number of hydrogen-bond donors (Lipinski definition) is 1. The Balaban J connectivity index is 2.24. The number of halogens is 2. The fraction of sp³-hybridized carbons (Fsp3) is 0.167. The zero-order chi connectivity index (χ0) is 13.3. The molecular formula is C12H11BrFN3O. The van der Waals surface area contributed by atoms with Crippen LogP contribution in [0, 0.1) is 5.82 Å². The molecule has 0 aliphatic heterocycles. The summed E-state index contributed by atoms with van der Waals surface area (Å²) in [6.45, 7) is 0. The lowest BCUT2D eigenvalue weighted by atomic mass is 10.0. The van der Waals surface area contributed by atoms with Gasteiger partial charge in [0.1, 0.15) is 11.6 Å². The summed E-state index contributed by atoms with van der Waals surface area (Å²) < 4.78 is 15.6. The summed E-state index contributed by atoms with van der Waals surface area (Å²) in [7, 11) is 1.65. The average molecular weight is 312 g/mol. The Morgan fingerprint density at radius 1 is 1.56 bits per heavy atom. The number of rotatable bonds is 3. The van der Waals surface area contributed by atoms with Crippen molar-refractivity contribution in [3.8, 4) is 0 Å². The third-order valence-electron chi connectivity index (χ3n) is 2.65. The van der Waals surface area contributed by atoms with Gasteiger partial charge in [-0.25, -0.2) is 4.39 Å². The van der Waals surface area contributed by atoms with Gasteiger partial charge in [0.25, 0.3) is 0 Å². The molecule has 2 rings (SSSR count). The zero-order valence-corrected chi connectivity index (χ0v) is 11.2. The van der Waals surface area contributed by atoms with Crippen LogP contribution < -0.4 is 5.73 Å². The first-order valence-corrected chi connectivity index (χ1v) is 6.03. The van der Waals surface area contributed by atoms with Crippen molar-refractivity contribution >= 4 is 27.5 Å². The van der Waals surface area contributed by atoms with Gasteiger partial charge in [0.2, 0.25) is 0 Å². The maximum absolute atomic E-state index is 13.6. The Hall–Kier alpha value is -1.69. The second-order valence-electron chi connectivity index (χ2n) is 3.90. The monoisotopic (exact) mass is 311 g/mol. The second-order valence-corrected chi connectivity index (χ2v) is 4.82. The maximum atomic E-state index is 13.6. The molecule has 1 aromatic carbocycles. The number of anilines is 1. The van der Waals surface area contributed by atoms with E-state index in [2.05, 4.69) is 21.0 Å². The van der Waals surface area contributed by atoms with Crippen molar-refractivity contribution in [2.75, 3.05) is 5.73 Å². The SMILES string of the molecule is Cn1ncc(C(=O)Cc2ccc(Br)cc2F)c1N. The molecule has 94 valence electrons.